The van der Waals surface area contributed by atoms with Gasteiger partial charge in [-0.25, -0.2) is 8.78 Å². The van der Waals surface area contributed by atoms with Crippen LogP contribution in [0.25, 0.3) is 22.0 Å². The maximum atomic E-state index is 13.4. The zero-order valence-electron chi connectivity index (χ0n) is 16.1. The fourth-order valence-electron chi connectivity index (χ4n) is 3.40. The first-order chi connectivity index (χ1) is 13.4. The maximum Gasteiger partial charge on any atom is 0.417 e. The van der Waals surface area contributed by atoms with Gasteiger partial charge in [0.05, 0.1) is 5.56 Å². The van der Waals surface area contributed by atoms with E-state index in [-0.39, 0.29) is 16.5 Å². The van der Waals surface area contributed by atoms with E-state index in [1.807, 2.05) is 20.8 Å². The van der Waals surface area contributed by atoms with Gasteiger partial charge in [0.25, 0.3) is 0 Å². The molecule has 2 aromatic carbocycles. The number of carbonyl (C=O) groups excluding carboxylic acids is 1. The number of hydrogen-bond donors (Lipinski definition) is 0. The predicted octanol–water partition coefficient (Wildman–Crippen LogP) is 6.82. The number of carbonyl (C=O) groups is 1. The lowest BCUT2D eigenvalue weighted by atomic mass is 9.96. The Morgan fingerprint density at radius 3 is 2.28 bits per heavy atom. The largest absolute Gasteiger partial charge is 0.417 e. The first-order valence-electron chi connectivity index (χ1n) is 9.00. The van der Waals surface area contributed by atoms with E-state index >= 15 is 0 Å². The number of alkyl halides is 5. The fraction of sp³-hybridized carbons (Fsp3) is 0.318. The Kier molecular flexibility index (Phi) is 5.28. The molecule has 0 aliphatic heterocycles. The molecular formula is C22H20F5NO. The highest BCUT2D eigenvalue weighted by atomic mass is 19.4. The lowest BCUT2D eigenvalue weighted by molar-refractivity contribution is -0.137. The van der Waals surface area contributed by atoms with Crippen LogP contribution < -0.4 is 0 Å². The van der Waals surface area contributed by atoms with Crippen LogP contribution in [0.3, 0.4) is 0 Å². The van der Waals surface area contributed by atoms with Gasteiger partial charge in [0.1, 0.15) is 0 Å². The van der Waals surface area contributed by atoms with Crippen LogP contribution in [0, 0.1) is 5.41 Å². The average molecular weight is 409 g/mol. The molecule has 0 saturated heterocycles. The second-order valence-electron chi connectivity index (χ2n) is 8.17. The summed E-state index contributed by atoms with van der Waals surface area (Å²) in [6.07, 6.45) is -6.33. The molecule has 154 valence electrons. The van der Waals surface area contributed by atoms with Crippen LogP contribution in [0.15, 0.2) is 48.7 Å². The third-order valence-electron chi connectivity index (χ3n) is 4.53. The molecular weight excluding hydrogens is 389 g/mol. The molecule has 0 aliphatic carbocycles. The number of fused-ring (bicyclic) bond motifs is 1. The summed E-state index contributed by atoms with van der Waals surface area (Å²) in [5, 5.41) is 0.299. The Bertz CT molecular complexity index is 1060. The van der Waals surface area contributed by atoms with Crippen molar-refractivity contribution in [2.75, 3.05) is 0 Å². The predicted molar refractivity (Wildman–Crippen MR) is 102 cm³/mol. The van der Waals surface area contributed by atoms with Crippen molar-refractivity contribution in [2.45, 2.75) is 39.9 Å². The van der Waals surface area contributed by atoms with E-state index in [2.05, 4.69) is 0 Å². The van der Waals surface area contributed by atoms with Crippen molar-refractivity contribution in [3.8, 4) is 11.1 Å². The molecule has 3 aromatic rings. The molecule has 29 heavy (non-hydrogen) atoms. The molecule has 0 bridgehead atoms. The monoisotopic (exact) mass is 409 g/mol. The van der Waals surface area contributed by atoms with Crippen LogP contribution in [0.2, 0.25) is 0 Å². The van der Waals surface area contributed by atoms with E-state index < -0.39 is 23.9 Å². The molecule has 2 nitrogen and oxygen atoms in total. The van der Waals surface area contributed by atoms with Crippen LogP contribution >= 0.6 is 0 Å². The third-order valence-corrected chi connectivity index (χ3v) is 4.53. The molecule has 0 saturated carbocycles. The molecule has 0 atom stereocenters. The average Bonchev–Trinajstić information content (AvgIpc) is 2.96. The van der Waals surface area contributed by atoms with Crippen molar-refractivity contribution in [2.24, 2.45) is 5.41 Å². The molecule has 0 N–H and O–H groups in total. The maximum absolute atomic E-state index is 13.4. The van der Waals surface area contributed by atoms with Gasteiger partial charge < -0.3 is 4.57 Å². The number of aromatic nitrogens is 1. The van der Waals surface area contributed by atoms with E-state index in [4.69, 9.17) is 0 Å². The second-order valence-corrected chi connectivity index (χ2v) is 8.17. The lowest BCUT2D eigenvalue weighted by Crippen LogP contribution is -2.15. The second kappa shape index (κ2) is 7.28. The zero-order chi connectivity index (χ0) is 21.6. The van der Waals surface area contributed by atoms with Gasteiger partial charge in [-0.2, -0.15) is 13.2 Å². The fourth-order valence-corrected chi connectivity index (χ4v) is 3.40. The highest BCUT2D eigenvalue weighted by Crippen LogP contribution is 2.38. The summed E-state index contributed by atoms with van der Waals surface area (Å²) in [5.74, 6) is -1.30. The standard InChI is InChI=1S/C22H20F5NO/c1-21(2,3)12-28-11-16(19(29)20(23)24)15-9-8-13(10-18(15)28)14-6-4-5-7-17(14)22(25,26)27/h4-11,20H,12H2,1-3H3. The number of ketones is 1. The van der Waals surface area contributed by atoms with E-state index in [0.29, 0.717) is 23.0 Å². The van der Waals surface area contributed by atoms with Crippen molar-refractivity contribution in [1.82, 2.24) is 4.57 Å². The third kappa shape index (κ3) is 4.33. The van der Waals surface area contributed by atoms with Crippen LogP contribution in [-0.2, 0) is 12.7 Å². The van der Waals surface area contributed by atoms with Crippen LogP contribution in [0.4, 0.5) is 22.0 Å². The minimum Gasteiger partial charge on any atom is -0.346 e. The van der Waals surface area contributed by atoms with Crippen LogP contribution in [-0.4, -0.2) is 16.8 Å². The van der Waals surface area contributed by atoms with Crippen LogP contribution in [0.1, 0.15) is 36.7 Å². The van der Waals surface area contributed by atoms with Gasteiger partial charge in [-0.1, -0.05) is 51.1 Å². The quantitative estimate of drug-likeness (QED) is 0.342. The number of nitrogens with zero attached hydrogens (tertiary/aromatic N) is 1. The van der Waals surface area contributed by atoms with Gasteiger partial charge in [-0.15, -0.1) is 0 Å². The molecule has 1 heterocycles. The normalized spacial score (nSPS) is 12.7. The summed E-state index contributed by atoms with van der Waals surface area (Å²) in [5.41, 5.74) is -0.413. The molecule has 0 amide bonds. The lowest BCUT2D eigenvalue weighted by Gasteiger charge is -2.20. The van der Waals surface area contributed by atoms with Crippen molar-refractivity contribution in [1.29, 1.82) is 0 Å². The Morgan fingerprint density at radius 1 is 1.03 bits per heavy atom. The molecule has 3 rings (SSSR count). The number of rotatable bonds is 4. The van der Waals surface area contributed by atoms with Gasteiger partial charge in [-0.05, 0) is 28.7 Å². The molecule has 0 aliphatic rings. The molecule has 1 aromatic heterocycles. The summed E-state index contributed by atoms with van der Waals surface area (Å²) in [7, 11) is 0. The minimum atomic E-state index is -4.53. The van der Waals surface area contributed by atoms with Crippen molar-refractivity contribution >= 4 is 16.7 Å². The van der Waals surface area contributed by atoms with Gasteiger partial charge in [0.2, 0.25) is 5.78 Å². The first kappa shape index (κ1) is 21.0. The van der Waals surface area contributed by atoms with Gasteiger partial charge in [0, 0.05) is 29.2 Å². The Hall–Kier alpha value is -2.70. The highest BCUT2D eigenvalue weighted by molar-refractivity contribution is 6.10. The summed E-state index contributed by atoms with van der Waals surface area (Å²) in [4.78, 5) is 12.0. The van der Waals surface area contributed by atoms with E-state index in [1.54, 1.807) is 4.57 Å². The van der Waals surface area contributed by atoms with Crippen LogP contribution in [0.5, 0.6) is 0 Å². The van der Waals surface area contributed by atoms with E-state index in [1.165, 1.54) is 42.6 Å². The van der Waals surface area contributed by atoms with Gasteiger partial charge in [-0.3, -0.25) is 4.79 Å². The van der Waals surface area contributed by atoms with Gasteiger partial charge >= 0.3 is 12.6 Å². The number of hydrogen-bond acceptors (Lipinski definition) is 1. The van der Waals surface area contributed by atoms with E-state index in [9.17, 15) is 26.7 Å². The molecule has 0 spiro atoms. The molecule has 0 unspecified atom stereocenters. The number of halogens is 5. The summed E-state index contributed by atoms with van der Waals surface area (Å²) < 4.78 is 68.0. The molecule has 0 fully saturated rings. The van der Waals surface area contributed by atoms with Gasteiger partial charge in [0.15, 0.2) is 0 Å². The summed E-state index contributed by atoms with van der Waals surface area (Å²) >= 11 is 0. The van der Waals surface area contributed by atoms with Crippen molar-refractivity contribution in [3.63, 3.8) is 0 Å². The van der Waals surface area contributed by atoms with Crippen molar-refractivity contribution in [3.05, 3.63) is 59.8 Å². The Morgan fingerprint density at radius 2 is 1.69 bits per heavy atom. The smallest absolute Gasteiger partial charge is 0.346 e. The topological polar surface area (TPSA) is 22.0 Å². The Balaban J connectivity index is 2.24. The Labute approximate surface area is 164 Å². The number of benzene rings is 2. The zero-order valence-corrected chi connectivity index (χ0v) is 16.1. The highest BCUT2D eigenvalue weighted by Gasteiger charge is 2.33. The van der Waals surface area contributed by atoms with E-state index in [0.717, 1.165) is 6.07 Å². The first-order valence-corrected chi connectivity index (χ1v) is 9.00. The number of Topliss-reactive ketones (excluding diaryl/α,β-unsaturated/α-hetero) is 1. The van der Waals surface area contributed by atoms with Crippen molar-refractivity contribution < 1.29 is 26.7 Å². The summed E-state index contributed by atoms with van der Waals surface area (Å²) in [6, 6.07) is 9.57. The summed E-state index contributed by atoms with van der Waals surface area (Å²) in [6.45, 7) is 6.23. The molecule has 0 radical (unpaired) electrons. The molecule has 7 heteroatoms. The SMILES string of the molecule is CC(C)(C)Cn1cc(C(=O)C(F)F)c2ccc(-c3ccccc3C(F)(F)F)cc21. The minimum absolute atomic E-state index is 0.00727.